The van der Waals surface area contributed by atoms with E-state index in [9.17, 15) is 30.0 Å². The average Bonchev–Trinajstić information content (AvgIpc) is 3.20. The van der Waals surface area contributed by atoms with Gasteiger partial charge in [0.15, 0.2) is 0 Å². The first kappa shape index (κ1) is 46.2. The number of benzene rings is 6. The van der Waals surface area contributed by atoms with Crippen LogP contribution in [0.5, 0.6) is 23.0 Å². The quantitative estimate of drug-likeness (QED) is 0.146. The van der Waals surface area contributed by atoms with Crippen LogP contribution in [-0.4, -0.2) is 61.0 Å². The summed E-state index contributed by atoms with van der Waals surface area (Å²) in [5, 5.41) is 48.5. The Bertz CT molecular complexity index is 1750. The zero-order valence-electron chi connectivity index (χ0n) is 31.3. The molecule has 11 heteroatoms. The van der Waals surface area contributed by atoms with E-state index in [1.54, 1.807) is 40.3 Å². The number of phenols is 2. The topological polar surface area (TPSA) is 127 Å². The number of carbonyl (C=O) groups is 2. The number of hydrogen-bond donors (Lipinski definition) is 2. The summed E-state index contributed by atoms with van der Waals surface area (Å²) in [5.41, 5.74) is 1.36. The molecule has 288 valence electrons. The summed E-state index contributed by atoms with van der Waals surface area (Å²) in [5.74, 6) is 0.286. The van der Waals surface area contributed by atoms with Crippen LogP contribution in [-0.2, 0) is 43.0 Å². The van der Waals surface area contributed by atoms with Crippen LogP contribution >= 0.6 is 15.8 Å². The zero-order chi connectivity index (χ0) is 39.3. The number of rotatable bonds is 10. The normalized spacial score (nSPS) is 9.85. The molecule has 6 rings (SSSR count). The van der Waals surface area contributed by atoms with Crippen molar-refractivity contribution < 1.29 is 51.1 Å². The predicted molar refractivity (Wildman–Crippen MR) is 223 cm³/mol. The molecule has 0 heterocycles. The fourth-order valence-corrected chi connectivity index (χ4v) is 10.3. The Balaban J connectivity index is 0.000000301. The second kappa shape index (κ2) is 25.2. The molecule has 55 heavy (non-hydrogen) atoms. The van der Waals surface area contributed by atoms with Gasteiger partial charge in [-0.05, 0) is 83.9 Å². The number of hydrogen-bond acceptors (Lipinski definition) is 6. The van der Waals surface area contributed by atoms with Gasteiger partial charge in [-0.1, -0.05) is 84.9 Å². The smallest absolute Gasteiger partial charge is 0.872 e. The predicted octanol–water partition coefficient (Wildman–Crippen LogP) is 5.07. The molecular formula is C44H48N2O6P2Pt+2. The largest absolute Gasteiger partial charge is 2.00 e. The number of phenolic OH excluding ortho intramolecular Hbond substituents is 2. The SMILES string of the molecule is CN(C)C=O.CN(C)C=O.[O-]c1ccc(O)cc1C[PH+](c1ccccc1)c1ccccc1.[O-]c1ccc(O)cc1C[PH+](c1ccccc1)c1ccccc1.[Pt+2]. The van der Waals surface area contributed by atoms with E-state index in [0.717, 1.165) is 12.8 Å². The van der Waals surface area contributed by atoms with Crippen LogP contribution in [0.25, 0.3) is 0 Å². The van der Waals surface area contributed by atoms with E-state index in [1.165, 1.54) is 55.3 Å². The van der Waals surface area contributed by atoms with Gasteiger partial charge in [0.05, 0.1) is 49.4 Å². The molecule has 0 fully saturated rings. The summed E-state index contributed by atoms with van der Waals surface area (Å²) < 4.78 is 0. The molecule has 6 aromatic rings. The van der Waals surface area contributed by atoms with Crippen molar-refractivity contribution in [1.82, 2.24) is 9.80 Å². The van der Waals surface area contributed by atoms with E-state index in [-0.39, 0.29) is 44.1 Å². The Labute approximate surface area is 341 Å². The minimum absolute atomic E-state index is 0. The van der Waals surface area contributed by atoms with Crippen molar-refractivity contribution >= 4 is 49.9 Å². The number of nitrogens with zero attached hydrogens (tertiary/aromatic N) is 2. The van der Waals surface area contributed by atoms with E-state index in [4.69, 9.17) is 0 Å². The van der Waals surface area contributed by atoms with Crippen LogP contribution in [0.3, 0.4) is 0 Å². The Morgan fingerprint density at radius 1 is 0.473 bits per heavy atom. The second-order valence-corrected chi connectivity index (χ2v) is 17.4. The minimum Gasteiger partial charge on any atom is -0.872 e. The summed E-state index contributed by atoms with van der Waals surface area (Å²) in [7, 11) is 4.55. The van der Waals surface area contributed by atoms with E-state index in [1.807, 2.05) is 72.8 Å². The molecule has 2 N–H and O–H groups in total. The molecule has 0 aliphatic rings. The molecule has 0 saturated heterocycles. The Morgan fingerprint density at radius 3 is 0.927 bits per heavy atom. The summed E-state index contributed by atoms with van der Waals surface area (Å²) >= 11 is 0. The Morgan fingerprint density at radius 2 is 0.709 bits per heavy atom. The van der Waals surface area contributed by atoms with Crippen LogP contribution in [0.4, 0.5) is 0 Å². The molecular weight excluding hydrogens is 910 g/mol. The van der Waals surface area contributed by atoms with Crippen LogP contribution in [0, 0.1) is 0 Å². The van der Waals surface area contributed by atoms with Crippen LogP contribution < -0.4 is 31.4 Å². The molecule has 0 bridgehead atoms. The van der Waals surface area contributed by atoms with Gasteiger partial charge in [0.25, 0.3) is 0 Å². The van der Waals surface area contributed by atoms with Crippen LogP contribution in [0.2, 0.25) is 0 Å². The van der Waals surface area contributed by atoms with Gasteiger partial charge >= 0.3 is 21.1 Å². The minimum atomic E-state index is -1.10. The van der Waals surface area contributed by atoms with Crippen LogP contribution in [0.15, 0.2) is 158 Å². The van der Waals surface area contributed by atoms with Crippen LogP contribution in [0.1, 0.15) is 11.1 Å². The van der Waals surface area contributed by atoms with E-state index in [2.05, 4.69) is 48.5 Å². The maximum atomic E-state index is 12.1. The Kier molecular flexibility index (Phi) is 21.1. The van der Waals surface area contributed by atoms with Crippen molar-refractivity contribution in [2.45, 2.75) is 12.3 Å². The van der Waals surface area contributed by atoms with Gasteiger partial charge in [-0.25, -0.2) is 0 Å². The van der Waals surface area contributed by atoms with Gasteiger partial charge in [-0.2, -0.15) is 0 Å². The van der Waals surface area contributed by atoms with Crippen molar-refractivity contribution in [3.63, 3.8) is 0 Å². The molecule has 8 nitrogen and oxygen atoms in total. The molecule has 0 atom stereocenters. The molecule has 0 unspecified atom stereocenters. The molecule has 6 aromatic carbocycles. The first-order chi connectivity index (χ1) is 26.0. The zero-order valence-corrected chi connectivity index (χ0v) is 35.6. The van der Waals surface area contributed by atoms with Gasteiger partial charge < -0.3 is 30.2 Å². The second-order valence-electron chi connectivity index (χ2n) is 12.5. The molecule has 0 saturated carbocycles. The summed E-state index contributed by atoms with van der Waals surface area (Å²) in [6.07, 6.45) is 2.85. The van der Waals surface area contributed by atoms with E-state index in [0.29, 0.717) is 23.5 Å². The summed E-state index contributed by atoms with van der Waals surface area (Å²) in [6.45, 7) is 0. The van der Waals surface area contributed by atoms with Crippen molar-refractivity contribution in [2.75, 3.05) is 28.2 Å². The summed E-state index contributed by atoms with van der Waals surface area (Å²) in [6, 6.07) is 50.2. The standard InChI is InChI=1S/2C19H17O2P.2C3H7NO.Pt/c2*20-16-11-12-19(21)15(13-16)14-22(17-7-3-1-4-8-17)18-9-5-2-6-10-18;2*1-4(2)3-5;/h2*1-13,20-21H,14H2;2*3H,1-2H3;/q;;;;+2. The average molecular weight is 958 g/mol. The fourth-order valence-electron chi connectivity index (χ4n) is 5.09. The van der Waals surface area contributed by atoms with E-state index >= 15 is 0 Å². The van der Waals surface area contributed by atoms with Gasteiger partial charge in [-0.3, -0.25) is 9.59 Å². The first-order valence-electron chi connectivity index (χ1n) is 17.2. The number of carbonyl (C=O) groups excluding carboxylic acids is 2. The maximum absolute atomic E-state index is 12.1. The molecule has 2 amide bonds. The molecule has 0 aromatic heterocycles. The third-order valence-electron chi connectivity index (χ3n) is 7.73. The molecule has 0 aliphatic heterocycles. The first-order valence-corrected chi connectivity index (χ1v) is 20.6. The summed E-state index contributed by atoms with van der Waals surface area (Å²) in [4.78, 5) is 21.8. The van der Waals surface area contributed by atoms with Gasteiger partial charge in [0.1, 0.15) is 11.5 Å². The van der Waals surface area contributed by atoms with Crippen molar-refractivity contribution in [3.05, 3.63) is 169 Å². The van der Waals surface area contributed by atoms with Crippen molar-refractivity contribution in [3.8, 4) is 23.0 Å². The Hall–Kier alpha value is -4.99. The van der Waals surface area contributed by atoms with E-state index < -0.39 is 15.8 Å². The van der Waals surface area contributed by atoms with Gasteiger partial charge in [0, 0.05) is 28.2 Å². The molecule has 0 spiro atoms. The van der Waals surface area contributed by atoms with Crippen molar-refractivity contribution in [2.24, 2.45) is 0 Å². The fraction of sp³-hybridized carbons (Fsp3) is 0.136. The number of aromatic hydroxyl groups is 2. The monoisotopic (exact) mass is 957 g/mol. The third kappa shape index (κ3) is 16.5. The number of amides is 2. The molecule has 0 aliphatic carbocycles. The van der Waals surface area contributed by atoms with Crippen molar-refractivity contribution in [1.29, 1.82) is 0 Å². The maximum Gasteiger partial charge on any atom is 2.00 e. The van der Waals surface area contributed by atoms with Gasteiger partial charge in [0.2, 0.25) is 12.8 Å². The third-order valence-corrected chi connectivity index (χ3v) is 13.3. The van der Waals surface area contributed by atoms with Gasteiger partial charge in [-0.15, -0.1) is 11.5 Å². The molecule has 0 radical (unpaired) electrons.